The average Bonchev–Trinajstić information content (AvgIpc) is 2.63. The number of Topliss-reactive ketones (excluding diaryl/α,β-unsaturated/α-hetero) is 1. The lowest BCUT2D eigenvalue weighted by atomic mass is 9.45. The topological polar surface area (TPSA) is 35.5 Å². The molecule has 4 heteroatoms. The van der Waals surface area contributed by atoms with Crippen molar-refractivity contribution >= 4 is 22.9 Å². The summed E-state index contributed by atoms with van der Waals surface area (Å²) in [7, 11) is 3.23. The number of hydrogen-bond donors (Lipinski definition) is 0. The molecule has 1 aromatic rings. The van der Waals surface area contributed by atoms with Crippen LogP contribution in [0.15, 0.2) is 18.2 Å². The molecule has 0 aromatic heterocycles. The van der Waals surface area contributed by atoms with Crippen LogP contribution in [-0.2, 0) is 0 Å². The van der Waals surface area contributed by atoms with Crippen molar-refractivity contribution in [3.8, 4) is 11.5 Å². The Morgan fingerprint density at radius 2 is 1.67 bits per heavy atom. The SMILES string of the molecule is COc1cc(OC)cc(C(=O)[C@H]2[C@H](C)C(=S)CC3C(C)(C)CCC[C@@]32C)c1. The second-order valence-corrected chi connectivity index (χ2v) is 9.83. The van der Waals surface area contributed by atoms with Gasteiger partial charge in [0.05, 0.1) is 14.2 Å². The van der Waals surface area contributed by atoms with Crippen LogP contribution in [0.2, 0.25) is 0 Å². The fraction of sp³-hybridized carbons (Fsp3) is 0.652. The van der Waals surface area contributed by atoms with Gasteiger partial charge in [0.25, 0.3) is 0 Å². The highest BCUT2D eigenvalue weighted by molar-refractivity contribution is 7.80. The van der Waals surface area contributed by atoms with Crippen LogP contribution in [0.5, 0.6) is 11.5 Å². The average molecular weight is 389 g/mol. The number of carbonyl (C=O) groups is 1. The molecular weight excluding hydrogens is 356 g/mol. The summed E-state index contributed by atoms with van der Waals surface area (Å²) >= 11 is 5.79. The van der Waals surface area contributed by atoms with Gasteiger partial charge in [-0.1, -0.05) is 46.3 Å². The zero-order valence-electron chi connectivity index (χ0n) is 17.4. The summed E-state index contributed by atoms with van der Waals surface area (Å²) in [5, 5.41) is 0. The van der Waals surface area contributed by atoms with E-state index in [1.54, 1.807) is 20.3 Å². The van der Waals surface area contributed by atoms with E-state index in [1.165, 1.54) is 12.8 Å². The predicted octanol–water partition coefficient (Wildman–Crippen LogP) is 5.75. The highest BCUT2D eigenvalue weighted by atomic mass is 32.1. The van der Waals surface area contributed by atoms with Gasteiger partial charge in [0.2, 0.25) is 0 Å². The van der Waals surface area contributed by atoms with Crippen LogP contribution < -0.4 is 9.47 Å². The lowest BCUT2D eigenvalue weighted by molar-refractivity contribution is -0.0474. The van der Waals surface area contributed by atoms with Gasteiger partial charge in [-0.3, -0.25) is 4.79 Å². The van der Waals surface area contributed by atoms with E-state index in [1.807, 2.05) is 12.1 Å². The van der Waals surface area contributed by atoms with E-state index < -0.39 is 0 Å². The van der Waals surface area contributed by atoms with E-state index in [-0.39, 0.29) is 28.4 Å². The molecule has 1 unspecified atom stereocenters. The summed E-state index contributed by atoms with van der Waals surface area (Å²) in [4.78, 5) is 14.8. The molecule has 3 nitrogen and oxygen atoms in total. The largest absolute Gasteiger partial charge is 0.497 e. The van der Waals surface area contributed by atoms with Crippen LogP contribution in [-0.4, -0.2) is 24.9 Å². The second-order valence-electron chi connectivity index (χ2n) is 9.30. The number of fused-ring (bicyclic) bond motifs is 1. The van der Waals surface area contributed by atoms with Gasteiger partial charge in [0.1, 0.15) is 11.5 Å². The highest BCUT2D eigenvalue weighted by Crippen LogP contribution is 2.61. The molecule has 4 atom stereocenters. The van der Waals surface area contributed by atoms with E-state index in [0.29, 0.717) is 23.0 Å². The molecule has 0 aliphatic heterocycles. The lowest BCUT2D eigenvalue weighted by Crippen LogP contribution is -2.56. The number of benzene rings is 1. The molecule has 0 N–H and O–H groups in total. The summed E-state index contributed by atoms with van der Waals surface area (Å²) in [6, 6.07) is 5.48. The Labute approximate surface area is 168 Å². The van der Waals surface area contributed by atoms with Gasteiger partial charge >= 0.3 is 0 Å². The zero-order chi connectivity index (χ0) is 20.0. The van der Waals surface area contributed by atoms with E-state index in [9.17, 15) is 4.79 Å². The number of hydrogen-bond acceptors (Lipinski definition) is 4. The standard InChI is InChI=1S/C23H32O3S/c1-14-18(27)13-19-22(2,3)8-7-9-23(19,4)20(14)21(24)15-10-16(25-5)12-17(11-15)26-6/h10-12,14,19-20H,7-9,13H2,1-6H3/t14-,19?,20-,23+/m1/s1. The lowest BCUT2D eigenvalue weighted by Gasteiger charge is -2.58. The molecule has 2 aliphatic carbocycles. The maximum absolute atomic E-state index is 13.8. The molecule has 0 saturated heterocycles. The molecule has 2 fully saturated rings. The third-order valence-electron chi connectivity index (χ3n) is 7.32. The molecule has 3 rings (SSSR count). The van der Waals surface area contributed by atoms with Crippen molar-refractivity contribution in [1.29, 1.82) is 0 Å². The zero-order valence-corrected chi connectivity index (χ0v) is 18.2. The molecule has 148 valence electrons. The molecule has 27 heavy (non-hydrogen) atoms. The van der Waals surface area contributed by atoms with Gasteiger partial charge in [0.15, 0.2) is 5.78 Å². The molecule has 0 heterocycles. The number of thiocarbonyl (C=S) groups is 1. The normalized spacial score (nSPS) is 32.5. The maximum atomic E-state index is 13.8. The molecule has 0 bridgehead atoms. The first-order valence-corrected chi connectivity index (χ1v) is 10.3. The second kappa shape index (κ2) is 7.20. The van der Waals surface area contributed by atoms with Crippen molar-refractivity contribution in [2.45, 2.75) is 53.4 Å². The number of methoxy groups -OCH3 is 2. The third kappa shape index (κ3) is 3.41. The van der Waals surface area contributed by atoms with Crippen molar-refractivity contribution < 1.29 is 14.3 Å². The Morgan fingerprint density at radius 1 is 1.07 bits per heavy atom. The van der Waals surface area contributed by atoms with Crippen LogP contribution >= 0.6 is 12.2 Å². The first-order valence-electron chi connectivity index (χ1n) is 9.94. The Morgan fingerprint density at radius 3 is 2.22 bits per heavy atom. The van der Waals surface area contributed by atoms with Crippen molar-refractivity contribution in [2.75, 3.05) is 14.2 Å². The first kappa shape index (κ1) is 20.3. The first-order chi connectivity index (χ1) is 12.6. The fourth-order valence-electron chi connectivity index (χ4n) is 5.85. The smallest absolute Gasteiger partial charge is 0.167 e. The van der Waals surface area contributed by atoms with Crippen LogP contribution in [0.25, 0.3) is 0 Å². The Bertz CT molecular complexity index is 732. The van der Waals surface area contributed by atoms with Crippen LogP contribution in [0.3, 0.4) is 0 Å². The van der Waals surface area contributed by atoms with Gasteiger partial charge in [-0.2, -0.15) is 0 Å². The molecule has 0 spiro atoms. The molecule has 2 saturated carbocycles. The summed E-state index contributed by atoms with van der Waals surface area (Å²) in [5.74, 6) is 1.93. The minimum atomic E-state index is -0.0971. The van der Waals surface area contributed by atoms with Crippen LogP contribution in [0, 0.1) is 28.6 Å². The predicted molar refractivity (Wildman–Crippen MR) is 113 cm³/mol. The molecule has 0 amide bonds. The van der Waals surface area contributed by atoms with Crippen LogP contribution in [0.1, 0.15) is 63.7 Å². The molecule has 0 radical (unpaired) electrons. The number of rotatable bonds is 4. The van der Waals surface area contributed by atoms with Gasteiger partial charge in [-0.25, -0.2) is 0 Å². The van der Waals surface area contributed by atoms with Gasteiger partial charge < -0.3 is 9.47 Å². The Hall–Kier alpha value is -1.42. The van der Waals surface area contributed by atoms with Crippen LogP contribution in [0.4, 0.5) is 0 Å². The minimum Gasteiger partial charge on any atom is -0.497 e. The summed E-state index contributed by atoms with van der Waals surface area (Å²) in [6.45, 7) is 9.18. The molecular formula is C23H32O3S. The summed E-state index contributed by atoms with van der Waals surface area (Å²) < 4.78 is 10.8. The number of carbonyl (C=O) groups excluding carboxylic acids is 1. The quantitative estimate of drug-likeness (QED) is 0.486. The van der Waals surface area contributed by atoms with Crippen molar-refractivity contribution in [2.24, 2.45) is 28.6 Å². The van der Waals surface area contributed by atoms with Gasteiger partial charge in [-0.15, -0.1) is 0 Å². The van der Waals surface area contributed by atoms with Gasteiger partial charge in [0, 0.05) is 17.5 Å². The minimum absolute atomic E-state index is 0.0309. The third-order valence-corrected chi connectivity index (χ3v) is 7.86. The van der Waals surface area contributed by atoms with E-state index >= 15 is 0 Å². The maximum Gasteiger partial charge on any atom is 0.167 e. The monoisotopic (exact) mass is 388 g/mol. The van der Waals surface area contributed by atoms with Crippen molar-refractivity contribution in [1.82, 2.24) is 0 Å². The molecule has 1 aromatic carbocycles. The number of ether oxygens (including phenoxy) is 2. The van der Waals surface area contributed by atoms with Crippen molar-refractivity contribution in [3.05, 3.63) is 23.8 Å². The highest BCUT2D eigenvalue weighted by Gasteiger charge is 2.57. The Balaban J connectivity index is 2.07. The van der Waals surface area contributed by atoms with E-state index in [2.05, 4.69) is 27.7 Å². The van der Waals surface area contributed by atoms with E-state index in [0.717, 1.165) is 17.7 Å². The summed E-state index contributed by atoms with van der Waals surface area (Å²) in [6.07, 6.45) is 4.43. The molecule has 2 aliphatic rings. The van der Waals surface area contributed by atoms with E-state index in [4.69, 9.17) is 21.7 Å². The Kier molecular flexibility index (Phi) is 5.42. The van der Waals surface area contributed by atoms with Crippen molar-refractivity contribution in [3.63, 3.8) is 0 Å². The summed E-state index contributed by atoms with van der Waals surface area (Å²) in [5.41, 5.74) is 0.842. The fourth-order valence-corrected chi connectivity index (χ4v) is 6.15. The number of ketones is 1. The van der Waals surface area contributed by atoms with Gasteiger partial charge in [-0.05, 0) is 58.9 Å².